The Kier molecular flexibility index (Phi) is 5.43. The van der Waals surface area contributed by atoms with Crippen molar-refractivity contribution in [2.45, 2.75) is 45.1 Å². The molecule has 3 aromatic rings. The highest BCUT2D eigenvalue weighted by Gasteiger charge is 2.27. The number of fused-ring (bicyclic) bond motifs is 1. The fraction of sp³-hybridized carbons (Fsp3) is 0.320. The molecule has 3 N–H and O–H groups in total. The van der Waals surface area contributed by atoms with E-state index in [0.29, 0.717) is 18.0 Å². The maximum Gasteiger partial charge on any atom is 0.303 e. The molecule has 2 atom stereocenters. The van der Waals surface area contributed by atoms with E-state index in [1.54, 1.807) is 0 Å². The number of carboxylic acid groups (broad SMARTS) is 1. The lowest BCUT2D eigenvalue weighted by molar-refractivity contribution is -0.136. The zero-order valence-electron chi connectivity index (χ0n) is 16.7. The molecule has 0 amide bonds. The van der Waals surface area contributed by atoms with Gasteiger partial charge in [-0.1, -0.05) is 43.3 Å². The first-order valence-electron chi connectivity index (χ1n) is 10.3. The standard InChI is InChI=1S/C25H27NO3/c1-16-5-4-8-23(16)29-25-21(13-17(14-22(25)26)9-12-24(27)28)20-11-10-18-6-2-3-7-19(18)15-20/h2-3,6-7,10-11,13-16,23H,4-5,8-9,12,26H2,1H3,(H,27,28)/t16-,23+/m0/s1. The molecule has 1 aliphatic rings. The number of aliphatic carboxylic acids is 1. The molecule has 3 aromatic carbocycles. The number of rotatable bonds is 6. The second-order valence-corrected chi connectivity index (χ2v) is 8.08. The number of hydrogen-bond acceptors (Lipinski definition) is 3. The van der Waals surface area contributed by atoms with Gasteiger partial charge in [0.05, 0.1) is 5.69 Å². The number of benzene rings is 3. The van der Waals surface area contributed by atoms with Crippen molar-refractivity contribution in [3.63, 3.8) is 0 Å². The van der Waals surface area contributed by atoms with Crippen LogP contribution in [0.3, 0.4) is 0 Å². The molecule has 4 rings (SSSR count). The molecular formula is C25H27NO3. The molecule has 0 radical (unpaired) electrons. The molecule has 1 saturated carbocycles. The Morgan fingerprint density at radius 2 is 1.90 bits per heavy atom. The van der Waals surface area contributed by atoms with Crippen molar-refractivity contribution in [3.8, 4) is 16.9 Å². The van der Waals surface area contributed by atoms with Crippen molar-refractivity contribution in [1.29, 1.82) is 0 Å². The molecule has 0 heterocycles. The predicted octanol–water partition coefficient (Wildman–Crippen LogP) is 5.67. The van der Waals surface area contributed by atoms with Crippen LogP contribution in [0.15, 0.2) is 54.6 Å². The van der Waals surface area contributed by atoms with Crippen LogP contribution < -0.4 is 10.5 Å². The molecule has 0 spiro atoms. The van der Waals surface area contributed by atoms with E-state index < -0.39 is 5.97 Å². The minimum atomic E-state index is -0.809. The number of hydrogen-bond donors (Lipinski definition) is 2. The first-order valence-corrected chi connectivity index (χ1v) is 10.3. The van der Waals surface area contributed by atoms with Gasteiger partial charge < -0.3 is 15.6 Å². The maximum atomic E-state index is 11.0. The molecule has 4 nitrogen and oxygen atoms in total. The normalized spacial score (nSPS) is 18.8. The topological polar surface area (TPSA) is 72.5 Å². The molecule has 0 aromatic heterocycles. The van der Waals surface area contributed by atoms with E-state index in [-0.39, 0.29) is 12.5 Å². The largest absolute Gasteiger partial charge is 0.487 e. The van der Waals surface area contributed by atoms with Gasteiger partial charge in [0.15, 0.2) is 0 Å². The Bertz CT molecular complexity index is 1040. The second-order valence-electron chi connectivity index (χ2n) is 8.08. The molecular weight excluding hydrogens is 362 g/mol. The number of ether oxygens (including phenoxy) is 1. The molecule has 0 unspecified atom stereocenters. The van der Waals surface area contributed by atoms with Crippen molar-refractivity contribution < 1.29 is 14.6 Å². The first kappa shape index (κ1) is 19.3. The third-order valence-corrected chi connectivity index (χ3v) is 5.92. The van der Waals surface area contributed by atoms with Crippen molar-refractivity contribution in [2.24, 2.45) is 5.92 Å². The summed E-state index contributed by atoms with van der Waals surface area (Å²) in [6.07, 6.45) is 4.08. The Balaban J connectivity index is 1.79. The van der Waals surface area contributed by atoms with E-state index in [4.69, 9.17) is 15.6 Å². The Morgan fingerprint density at radius 1 is 1.10 bits per heavy atom. The van der Waals surface area contributed by atoms with Crippen LogP contribution in [-0.4, -0.2) is 17.2 Å². The lowest BCUT2D eigenvalue weighted by Gasteiger charge is -2.23. The van der Waals surface area contributed by atoms with E-state index >= 15 is 0 Å². The van der Waals surface area contributed by atoms with Crippen molar-refractivity contribution >= 4 is 22.4 Å². The molecule has 4 heteroatoms. The van der Waals surface area contributed by atoms with Crippen LogP contribution in [0.5, 0.6) is 5.75 Å². The van der Waals surface area contributed by atoms with E-state index in [9.17, 15) is 4.79 Å². The molecule has 1 aliphatic carbocycles. The highest BCUT2D eigenvalue weighted by molar-refractivity contribution is 5.89. The summed E-state index contributed by atoms with van der Waals surface area (Å²) in [5, 5.41) is 11.4. The van der Waals surface area contributed by atoms with Gasteiger partial charge in [0.25, 0.3) is 0 Å². The van der Waals surface area contributed by atoms with Gasteiger partial charge in [0.2, 0.25) is 0 Å². The fourth-order valence-electron chi connectivity index (χ4n) is 4.25. The van der Waals surface area contributed by atoms with Crippen molar-refractivity contribution in [1.82, 2.24) is 0 Å². The summed E-state index contributed by atoms with van der Waals surface area (Å²) >= 11 is 0. The number of anilines is 1. The average molecular weight is 389 g/mol. The van der Waals surface area contributed by atoms with Gasteiger partial charge in [-0.25, -0.2) is 0 Å². The minimum absolute atomic E-state index is 0.0798. The van der Waals surface area contributed by atoms with Gasteiger partial charge in [0.1, 0.15) is 11.9 Å². The molecule has 150 valence electrons. The SMILES string of the molecule is C[C@H]1CCC[C@H]1Oc1c(N)cc(CCC(=O)O)cc1-c1ccc2ccccc2c1. The van der Waals surface area contributed by atoms with Crippen LogP contribution in [0, 0.1) is 5.92 Å². The summed E-state index contributed by atoms with van der Waals surface area (Å²) in [6, 6.07) is 18.5. The highest BCUT2D eigenvalue weighted by atomic mass is 16.5. The molecule has 1 fully saturated rings. The molecule has 0 aliphatic heterocycles. The summed E-state index contributed by atoms with van der Waals surface area (Å²) < 4.78 is 6.46. The van der Waals surface area contributed by atoms with Gasteiger partial charge in [0, 0.05) is 12.0 Å². The van der Waals surface area contributed by atoms with Crippen LogP contribution in [0.2, 0.25) is 0 Å². The van der Waals surface area contributed by atoms with Gasteiger partial charge in [-0.2, -0.15) is 0 Å². The summed E-state index contributed by atoms with van der Waals surface area (Å²) in [7, 11) is 0. The van der Waals surface area contributed by atoms with Crippen LogP contribution in [0.4, 0.5) is 5.69 Å². The van der Waals surface area contributed by atoms with Gasteiger partial charge >= 0.3 is 5.97 Å². The molecule has 0 bridgehead atoms. The predicted molar refractivity (Wildman–Crippen MR) is 117 cm³/mol. The van der Waals surface area contributed by atoms with Gasteiger partial charge in [-0.15, -0.1) is 0 Å². The Hall–Kier alpha value is -3.01. The number of aryl methyl sites for hydroxylation is 1. The van der Waals surface area contributed by atoms with Crippen LogP contribution >= 0.6 is 0 Å². The lowest BCUT2D eigenvalue weighted by atomic mass is 9.96. The van der Waals surface area contributed by atoms with Crippen LogP contribution in [0.1, 0.15) is 38.2 Å². The van der Waals surface area contributed by atoms with Crippen molar-refractivity contribution in [3.05, 3.63) is 60.2 Å². The van der Waals surface area contributed by atoms with E-state index in [2.05, 4.69) is 37.3 Å². The van der Waals surface area contributed by atoms with E-state index in [1.807, 2.05) is 24.3 Å². The number of nitrogens with two attached hydrogens (primary N) is 1. The highest BCUT2D eigenvalue weighted by Crippen LogP contribution is 2.41. The quantitative estimate of drug-likeness (QED) is 0.533. The lowest BCUT2D eigenvalue weighted by Crippen LogP contribution is -2.20. The van der Waals surface area contributed by atoms with Gasteiger partial charge in [-0.3, -0.25) is 4.79 Å². The number of nitrogen functional groups attached to an aromatic ring is 1. The van der Waals surface area contributed by atoms with E-state index in [1.165, 1.54) is 18.2 Å². The molecule has 0 saturated heterocycles. The Labute approximate surface area is 171 Å². The Morgan fingerprint density at radius 3 is 2.62 bits per heavy atom. The maximum absolute atomic E-state index is 11.0. The number of carbonyl (C=O) groups is 1. The van der Waals surface area contributed by atoms with Gasteiger partial charge in [-0.05, 0) is 71.7 Å². The van der Waals surface area contributed by atoms with Crippen LogP contribution in [0.25, 0.3) is 21.9 Å². The second kappa shape index (κ2) is 8.16. The molecule has 29 heavy (non-hydrogen) atoms. The zero-order chi connectivity index (χ0) is 20.4. The average Bonchev–Trinajstić information content (AvgIpc) is 3.12. The smallest absolute Gasteiger partial charge is 0.303 e. The summed E-state index contributed by atoms with van der Waals surface area (Å²) in [4.78, 5) is 11.0. The summed E-state index contributed by atoms with van der Waals surface area (Å²) in [5.41, 5.74) is 9.90. The zero-order valence-corrected chi connectivity index (χ0v) is 16.7. The van der Waals surface area contributed by atoms with Crippen molar-refractivity contribution in [2.75, 3.05) is 5.73 Å². The third-order valence-electron chi connectivity index (χ3n) is 5.92. The number of carboxylic acids is 1. The fourth-order valence-corrected chi connectivity index (χ4v) is 4.25. The first-order chi connectivity index (χ1) is 14.0. The summed E-state index contributed by atoms with van der Waals surface area (Å²) in [6.45, 7) is 2.23. The third kappa shape index (κ3) is 4.21. The minimum Gasteiger partial charge on any atom is -0.487 e. The summed E-state index contributed by atoms with van der Waals surface area (Å²) in [5.74, 6) is 0.416. The van der Waals surface area contributed by atoms with E-state index in [0.717, 1.165) is 34.2 Å². The van der Waals surface area contributed by atoms with Crippen LogP contribution in [-0.2, 0) is 11.2 Å². The monoisotopic (exact) mass is 389 g/mol.